The van der Waals surface area contributed by atoms with Gasteiger partial charge in [-0.3, -0.25) is 0 Å². The molecule has 0 saturated heterocycles. The average Bonchev–Trinajstić information content (AvgIpc) is 3.75. The third kappa shape index (κ3) is 4.84. The molecule has 222 valence electrons. The van der Waals surface area contributed by atoms with E-state index in [1.165, 1.54) is 22.3 Å². The highest BCUT2D eigenvalue weighted by Gasteiger charge is 2.19. The van der Waals surface area contributed by atoms with E-state index < -0.39 is 0 Å². The largest absolute Gasteiger partial charge is 0.456 e. The zero-order chi connectivity index (χ0) is 31.2. The van der Waals surface area contributed by atoms with E-state index in [1.54, 1.807) is 0 Å². The molecule has 0 unspecified atom stereocenters. The molecule has 0 radical (unpaired) electrons. The molecular weight excluding hydrogens is 576 g/mol. The van der Waals surface area contributed by atoms with Crippen LogP contribution in [-0.2, 0) is 0 Å². The van der Waals surface area contributed by atoms with Crippen LogP contribution in [0.3, 0.4) is 0 Å². The van der Waals surface area contributed by atoms with Crippen molar-refractivity contribution in [3.8, 4) is 33.7 Å². The maximum atomic E-state index is 6.48. The van der Waals surface area contributed by atoms with E-state index in [2.05, 4.69) is 120 Å². The zero-order valence-electron chi connectivity index (χ0n) is 25.4. The third-order valence-electron chi connectivity index (χ3n) is 8.72. The lowest BCUT2D eigenvalue weighted by molar-refractivity contribution is 0.622. The lowest BCUT2D eigenvalue weighted by Gasteiger charge is -2.26. The molecule has 0 aliphatic heterocycles. The number of benzene rings is 7. The summed E-state index contributed by atoms with van der Waals surface area (Å²) in [6.07, 6.45) is 0. The molecule has 7 aromatic carbocycles. The van der Waals surface area contributed by atoms with Gasteiger partial charge >= 0.3 is 0 Å². The van der Waals surface area contributed by atoms with E-state index >= 15 is 0 Å². The standard InChI is InChI=1S/C43H28N2O2/c1-4-10-29(11-5-1)31-16-20-34(21-17-31)45(35-22-18-32(19-23-35)30-12-6-2-7-13-30)36-24-25-37-40(28-36)46-39-27-26-38-42(41(37)39)47-43(44-38)33-14-8-3-9-15-33/h1-28H. The molecule has 0 fully saturated rings. The number of anilines is 3. The van der Waals surface area contributed by atoms with Crippen LogP contribution >= 0.6 is 0 Å². The molecule has 0 saturated carbocycles. The highest BCUT2D eigenvalue weighted by atomic mass is 16.4. The average molecular weight is 605 g/mol. The Labute approximate surface area is 271 Å². The van der Waals surface area contributed by atoms with Crippen molar-refractivity contribution in [1.82, 2.24) is 4.98 Å². The Morgan fingerprint density at radius 1 is 0.404 bits per heavy atom. The summed E-state index contributed by atoms with van der Waals surface area (Å²) in [4.78, 5) is 7.06. The van der Waals surface area contributed by atoms with Crippen molar-refractivity contribution >= 4 is 50.1 Å². The second-order valence-electron chi connectivity index (χ2n) is 11.6. The predicted molar refractivity (Wildman–Crippen MR) is 192 cm³/mol. The van der Waals surface area contributed by atoms with Gasteiger partial charge in [-0.1, -0.05) is 103 Å². The molecule has 0 amide bonds. The van der Waals surface area contributed by atoms with Crippen LogP contribution in [0, 0.1) is 0 Å². The number of oxazole rings is 1. The summed E-state index contributed by atoms with van der Waals surface area (Å²) in [6, 6.07) is 58.7. The molecule has 2 heterocycles. The Bertz CT molecular complexity index is 2400. The fraction of sp³-hybridized carbons (Fsp3) is 0. The molecule has 0 N–H and O–H groups in total. The van der Waals surface area contributed by atoms with Crippen LogP contribution in [0.15, 0.2) is 179 Å². The smallest absolute Gasteiger partial charge is 0.227 e. The van der Waals surface area contributed by atoms with E-state index in [1.807, 2.05) is 54.6 Å². The van der Waals surface area contributed by atoms with Crippen molar-refractivity contribution < 1.29 is 8.83 Å². The maximum Gasteiger partial charge on any atom is 0.227 e. The number of nitrogens with zero attached hydrogens (tertiary/aromatic N) is 2. The monoisotopic (exact) mass is 604 g/mol. The van der Waals surface area contributed by atoms with Crippen LogP contribution in [0.25, 0.3) is 66.7 Å². The van der Waals surface area contributed by atoms with E-state index in [4.69, 9.17) is 13.8 Å². The van der Waals surface area contributed by atoms with Crippen molar-refractivity contribution in [2.75, 3.05) is 4.90 Å². The Hall–Kier alpha value is -6.39. The van der Waals surface area contributed by atoms with Gasteiger partial charge in [-0.2, -0.15) is 0 Å². The van der Waals surface area contributed by atoms with Crippen LogP contribution < -0.4 is 4.90 Å². The van der Waals surface area contributed by atoms with Crippen LogP contribution in [0.4, 0.5) is 17.1 Å². The number of hydrogen-bond acceptors (Lipinski definition) is 4. The lowest BCUT2D eigenvalue weighted by atomic mass is 10.0. The summed E-state index contributed by atoms with van der Waals surface area (Å²) in [6.45, 7) is 0. The van der Waals surface area contributed by atoms with Gasteiger partial charge in [-0.25, -0.2) is 4.98 Å². The minimum Gasteiger partial charge on any atom is -0.456 e. The van der Waals surface area contributed by atoms with Gasteiger partial charge in [0.05, 0.1) is 5.39 Å². The van der Waals surface area contributed by atoms with Gasteiger partial charge in [0.2, 0.25) is 5.89 Å². The number of aromatic nitrogens is 1. The summed E-state index contributed by atoms with van der Waals surface area (Å²) in [5.41, 5.74) is 11.9. The second kappa shape index (κ2) is 11.2. The number of fused-ring (bicyclic) bond motifs is 5. The zero-order valence-corrected chi connectivity index (χ0v) is 25.4. The first-order valence-corrected chi connectivity index (χ1v) is 15.7. The topological polar surface area (TPSA) is 42.4 Å². The van der Waals surface area contributed by atoms with Gasteiger partial charge in [0, 0.05) is 34.1 Å². The van der Waals surface area contributed by atoms with E-state index in [0.29, 0.717) is 5.89 Å². The van der Waals surface area contributed by atoms with Gasteiger partial charge in [0.1, 0.15) is 16.7 Å². The number of hydrogen-bond donors (Lipinski definition) is 0. The van der Waals surface area contributed by atoms with Gasteiger partial charge < -0.3 is 13.7 Å². The first kappa shape index (κ1) is 27.0. The first-order valence-electron chi connectivity index (χ1n) is 15.7. The first-order chi connectivity index (χ1) is 23.3. The lowest BCUT2D eigenvalue weighted by Crippen LogP contribution is -2.09. The molecule has 9 rings (SSSR count). The summed E-state index contributed by atoms with van der Waals surface area (Å²) < 4.78 is 12.8. The summed E-state index contributed by atoms with van der Waals surface area (Å²) in [5.74, 6) is 0.600. The summed E-state index contributed by atoms with van der Waals surface area (Å²) >= 11 is 0. The van der Waals surface area contributed by atoms with Crippen molar-refractivity contribution in [1.29, 1.82) is 0 Å². The molecule has 4 nitrogen and oxygen atoms in total. The summed E-state index contributed by atoms with van der Waals surface area (Å²) in [7, 11) is 0. The maximum absolute atomic E-state index is 6.48. The van der Waals surface area contributed by atoms with Crippen LogP contribution in [0.5, 0.6) is 0 Å². The van der Waals surface area contributed by atoms with Crippen molar-refractivity contribution in [3.63, 3.8) is 0 Å². The quantitative estimate of drug-likeness (QED) is 0.189. The highest BCUT2D eigenvalue weighted by molar-refractivity contribution is 6.16. The summed E-state index contributed by atoms with van der Waals surface area (Å²) in [5, 5.41) is 1.92. The molecule has 9 aromatic rings. The highest BCUT2D eigenvalue weighted by Crippen LogP contribution is 2.41. The minimum atomic E-state index is 0.600. The van der Waals surface area contributed by atoms with E-state index in [-0.39, 0.29) is 0 Å². The molecule has 0 bridgehead atoms. The second-order valence-corrected chi connectivity index (χ2v) is 11.6. The SMILES string of the molecule is c1ccc(-c2ccc(N(c3ccc(-c4ccccc4)cc3)c3ccc4c(c3)oc3ccc5nc(-c6ccccc6)oc5c34)cc2)cc1. The Balaban J connectivity index is 1.16. The number of rotatable bonds is 6. The molecular formula is C43H28N2O2. The van der Waals surface area contributed by atoms with E-state index in [0.717, 1.165) is 55.7 Å². The van der Waals surface area contributed by atoms with Gasteiger partial charge in [0.15, 0.2) is 5.58 Å². The fourth-order valence-corrected chi connectivity index (χ4v) is 6.39. The van der Waals surface area contributed by atoms with E-state index in [9.17, 15) is 0 Å². The Morgan fingerprint density at radius 3 is 1.49 bits per heavy atom. The van der Waals surface area contributed by atoms with Gasteiger partial charge in [0.25, 0.3) is 0 Å². The normalized spacial score (nSPS) is 11.4. The molecule has 0 atom stereocenters. The molecule has 0 spiro atoms. The molecule has 0 aliphatic carbocycles. The minimum absolute atomic E-state index is 0.600. The van der Waals surface area contributed by atoms with Crippen molar-refractivity contribution in [2.45, 2.75) is 0 Å². The Morgan fingerprint density at radius 2 is 0.915 bits per heavy atom. The molecule has 47 heavy (non-hydrogen) atoms. The van der Waals surface area contributed by atoms with Crippen LogP contribution in [-0.4, -0.2) is 4.98 Å². The van der Waals surface area contributed by atoms with Crippen molar-refractivity contribution in [3.05, 3.63) is 170 Å². The van der Waals surface area contributed by atoms with Crippen LogP contribution in [0.1, 0.15) is 0 Å². The molecule has 4 heteroatoms. The predicted octanol–water partition coefficient (Wildman–Crippen LogP) is 12.2. The van der Waals surface area contributed by atoms with Gasteiger partial charge in [-0.05, 0) is 82.9 Å². The number of furan rings is 1. The Kier molecular flexibility index (Phi) is 6.43. The fourth-order valence-electron chi connectivity index (χ4n) is 6.39. The third-order valence-corrected chi connectivity index (χ3v) is 8.72. The van der Waals surface area contributed by atoms with Crippen LogP contribution in [0.2, 0.25) is 0 Å². The van der Waals surface area contributed by atoms with Gasteiger partial charge in [-0.15, -0.1) is 0 Å². The van der Waals surface area contributed by atoms with Crippen molar-refractivity contribution in [2.24, 2.45) is 0 Å². The molecule has 0 aliphatic rings. The molecule has 2 aromatic heterocycles.